The highest BCUT2D eigenvalue weighted by molar-refractivity contribution is 6.01. The number of anilines is 1. The number of unbranched alkanes of at least 4 members (excludes halogenated alkanes) is 1. The van der Waals surface area contributed by atoms with Crippen LogP contribution in [-0.2, 0) is 4.74 Å². The molecular formula is C19H18FN5O3. The third kappa shape index (κ3) is 4.76. The molecule has 3 rings (SSSR count). The van der Waals surface area contributed by atoms with E-state index in [2.05, 4.69) is 20.7 Å². The average Bonchev–Trinajstić information content (AvgIpc) is 3.19. The van der Waals surface area contributed by atoms with Gasteiger partial charge >= 0.3 is 5.97 Å². The van der Waals surface area contributed by atoms with Gasteiger partial charge in [-0.25, -0.2) is 9.18 Å². The molecule has 0 atom stereocenters. The lowest BCUT2D eigenvalue weighted by atomic mass is 10.2. The molecule has 0 spiro atoms. The van der Waals surface area contributed by atoms with Crippen LogP contribution >= 0.6 is 0 Å². The lowest BCUT2D eigenvalue weighted by molar-refractivity contribution is 0.0499. The van der Waals surface area contributed by atoms with E-state index in [1.54, 1.807) is 24.3 Å². The summed E-state index contributed by atoms with van der Waals surface area (Å²) >= 11 is 0. The van der Waals surface area contributed by atoms with E-state index in [0.29, 0.717) is 23.5 Å². The Morgan fingerprint density at radius 2 is 1.82 bits per heavy atom. The van der Waals surface area contributed by atoms with Gasteiger partial charge in [-0.15, -0.1) is 15.0 Å². The first-order valence-electron chi connectivity index (χ1n) is 8.71. The summed E-state index contributed by atoms with van der Waals surface area (Å²) in [5, 5.41) is 14.1. The number of carbonyl (C=O) groups is 2. The van der Waals surface area contributed by atoms with Crippen molar-refractivity contribution in [1.29, 1.82) is 0 Å². The number of ether oxygens (including phenoxy) is 1. The van der Waals surface area contributed by atoms with Crippen LogP contribution in [0.1, 0.15) is 40.7 Å². The summed E-state index contributed by atoms with van der Waals surface area (Å²) in [5.41, 5.74) is 1.33. The quantitative estimate of drug-likeness (QED) is 0.497. The first kappa shape index (κ1) is 19.2. The highest BCUT2D eigenvalue weighted by Gasteiger charge is 2.14. The van der Waals surface area contributed by atoms with Crippen LogP contribution in [0.15, 0.2) is 48.5 Å². The van der Waals surface area contributed by atoms with E-state index in [-0.39, 0.29) is 11.6 Å². The van der Waals surface area contributed by atoms with Gasteiger partial charge in [-0.3, -0.25) is 4.79 Å². The van der Waals surface area contributed by atoms with Gasteiger partial charge in [-0.2, -0.15) is 0 Å². The predicted molar refractivity (Wildman–Crippen MR) is 98.7 cm³/mol. The van der Waals surface area contributed by atoms with E-state index >= 15 is 0 Å². The monoisotopic (exact) mass is 383 g/mol. The van der Waals surface area contributed by atoms with Crippen LogP contribution in [0.5, 0.6) is 0 Å². The summed E-state index contributed by atoms with van der Waals surface area (Å²) in [6, 6.07) is 11.7. The molecule has 0 fully saturated rings. The topological polar surface area (TPSA) is 99.0 Å². The van der Waals surface area contributed by atoms with E-state index in [9.17, 15) is 14.0 Å². The molecule has 0 bridgehead atoms. The molecule has 144 valence electrons. The van der Waals surface area contributed by atoms with Gasteiger partial charge in [-0.1, -0.05) is 13.3 Å². The third-order valence-electron chi connectivity index (χ3n) is 3.78. The fraction of sp³-hybridized carbons (Fsp3) is 0.211. The molecule has 0 saturated heterocycles. The van der Waals surface area contributed by atoms with Crippen molar-refractivity contribution < 1.29 is 18.7 Å². The maximum absolute atomic E-state index is 13.0. The summed E-state index contributed by atoms with van der Waals surface area (Å²) in [7, 11) is 0. The molecule has 1 heterocycles. The van der Waals surface area contributed by atoms with Crippen LogP contribution in [0.3, 0.4) is 0 Å². The summed E-state index contributed by atoms with van der Waals surface area (Å²) in [6.45, 7) is 2.39. The van der Waals surface area contributed by atoms with Gasteiger partial charge in [0.1, 0.15) is 5.82 Å². The average molecular weight is 383 g/mol. The van der Waals surface area contributed by atoms with Gasteiger partial charge in [0.05, 0.1) is 17.9 Å². The third-order valence-corrected chi connectivity index (χ3v) is 3.78. The van der Waals surface area contributed by atoms with E-state index in [1.807, 2.05) is 6.92 Å². The molecule has 0 aliphatic carbocycles. The second-order valence-electron chi connectivity index (χ2n) is 5.90. The van der Waals surface area contributed by atoms with Crippen LogP contribution in [0.25, 0.3) is 5.69 Å². The molecule has 1 amide bonds. The molecule has 0 aliphatic heterocycles. The van der Waals surface area contributed by atoms with Gasteiger partial charge in [0.2, 0.25) is 0 Å². The minimum atomic E-state index is -0.563. The summed E-state index contributed by atoms with van der Waals surface area (Å²) in [4.78, 5) is 25.3. The Morgan fingerprint density at radius 1 is 1.11 bits per heavy atom. The minimum absolute atomic E-state index is 0.146. The van der Waals surface area contributed by atoms with Gasteiger partial charge in [-0.05, 0) is 60.2 Å². The number of nitrogens with one attached hydrogen (secondary N) is 1. The minimum Gasteiger partial charge on any atom is -0.462 e. The standard InChI is InChI=1S/C19H18FN5O3/c1-2-3-12-28-19(27)13-4-8-15(9-5-13)21-18(26)17-22-24-25(23-17)16-10-6-14(20)7-11-16/h4-11H,2-3,12H2,1H3,(H,21,26). The number of tetrazole rings is 1. The molecule has 28 heavy (non-hydrogen) atoms. The zero-order chi connectivity index (χ0) is 19.9. The van der Waals surface area contributed by atoms with Crippen molar-refractivity contribution in [3.8, 4) is 5.69 Å². The molecule has 0 radical (unpaired) electrons. The SMILES string of the molecule is CCCCOC(=O)c1ccc(NC(=O)c2nnn(-c3ccc(F)cc3)n2)cc1. The van der Waals surface area contributed by atoms with E-state index < -0.39 is 11.9 Å². The maximum Gasteiger partial charge on any atom is 0.338 e. The van der Waals surface area contributed by atoms with E-state index in [4.69, 9.17) is 4.74 Å². The van der Waals surface area contributed by atoms with Crippen molar-refractivity contribution in [1.82, 2.24) is 20.2 Å². The zero-order valence-electron chi connectivity index (χ0n) is 15.1. The molecule has 0 unspecified atom stereocenters. The Bertz CT molecular complexity index is 954. The Kier molecular flexibility index (Phi) is 6.05. The Balaban J connectivity index is 1.62. The fourth-order valence-electron chi connectivity index (χ4n) is 2.26. The number of hydrogen-bond acceptors (Lipinski definition) is 6. The number of nitrogens with zero attached hydrogens (tertiary/aromatic N) is 4. The zero-order valence-corrected chi connectivity index (χ0v) is 15.1. The molecule has 1 aromatic heterocycles. The molecule has 0 aliphatic rings. The number of carbonyl (C=O) groups excluding carboxylic acids is 2. The number of benzene rings is 2. The molecule has 9 heteroatoms. The molecule has 2 aromatic carbocycles. The van der Waals surface area contributed by atoms with Crippen LogP contribution in [0.2, 0.25) is 0 Å². The maximum atomic E-state index is 13.0. The first-order chi connectivity index (χ1) is 13.6. The molecular weight excluding hydrogens is 365 g/mol. The van der Waals surface area contributed by atoms with Gasteiger partial charge in [0.15, 0.2) is 0 Å². The Hall–Kier alpha value is -3.62. The molecule has 3 aromatic rings. The Morgan fingerprint density at radius 3 is 2.50 bits per heavy atom. The fourth-order valence-corrected chi connectivity index (χ4v) is 2.26. The van der Waals surface area contributed by atoms with Crippen molar-refractivity contribution in [2.45, 2.75) is 19.8 Å². The normalized spacial score (nSPS) is 10.5. The van der Waals surface area contributed by atoms with E-state index in [1.165, 1.54) is 24.3 Å². The summed E-state index contributed by atoms with van der Waals surface area (Å²) < 4.78 is 18.1. The van der Waals surface area contributed by atoms with Crippen LogP contribution in [0.4, 0.5) is 10.1 Å². The van der Waals surface area contributed by atoms with Crippen molar-refractivity contribution in [2.24, 2.45) is 0 Å². The van der Waals surface area contributed by atoms with Gasteiger partial charge in [0.25, 0.3) is 11.7 Å². The van der Waals surface area contributed by atoms with E-state index in [0.717, 1.165) is 17.6 Å². The number of amides is 1. The summed E-state index contributed by atoms with van der Waals surface area (Å²) in [5.74, 6) is -1.51. The van der Waals surface area contributed by atoms with Crippen molar-refractivity contribution >= 4 is 17.6 Å². The van der Waals surface area contributed by atoms with Crippen molar-refractivity contribution in [2.75, 3.05) is 11.9 Å². The first-order valence-corrected chi connectivity index (χ1v) is 8.71. The number of rotatable bonds is 7. The van der Waals surface area contributed by atoms with Crippen molar-refractivity contribution in [3.63, 3.8) is 0 Å². The smallest absolute Gasteiger partial charge is 0.338 e. The van der Waals surface area contributed by atoms with Gasteiger partial charge < -0.3 is 10.1 Å². The highest BCUT2D eigenvalue weighted by atomic mass is 19.1. The van der Waals surface area contributed by atoms with Crippen LogP contribution in [-0.4, -0.2) is 38.7 Å². The van der Waals surface area contributed by atoms with Crippen LogP contribution in [0, 0.1) is 5.82 Å². The van der Waals surface area contributed by atoms with Gasteiger partial charge in [0, 0.05) is 5.69 Å². The number of aromatic nitrogens is 4. The number of esters is 1. The lowest BCUT2D eigenvalue weighted by Crippen LogP contribution is -2.14. The molecule has 1 N–H and O–H groups in total. The second-order valence-corrected chi connectivity index (χ2v) is 5.90. The van der Waals surface area contributed by atoms with Crippen LogP contribution < -0.4 is 5.32 Å². The molecule has 8 nitrogen and oxygen atoms in total. The molecule has 0 saturated carbocycles. The largest absolute Gasteiger partial charge is 0.462 e. The Labute approximate surface area is 160 Å². The second kappa shape index (κ2) is 8.85. The lowest BCUT2D eigenvalue weighted by Gasteiger charge is -2.05. The predicted octanol–water partition coefficient (Wildman–Crippen LogP) is 3.01. The van der Waals surface area contributed by atoms with Crippen molar-refractivity contribution in [3.05, 3.63) is 65.7 Å². The summed E-state index contributed by atoms with van der Waals surface area (Å²) in [6.07, 6.45) is 1.75. The number of hydrogen-bond donors (Lipinski definition) is 1. The number of halogens is 1. The highest BCUT2D eigenvalue weighted by Crippen LogP contribution is 2.12.